The first-order valence-electron chi connectivity index (χ1n) is 6.87. The normalized spacial score (nSPS) is 20.6. The summed E-state index contributed by atoms with van der Waals surface area (Å²) in [5.41, 5.74) is 1.35. The van der Waals surface area contributed by atoms with Gasteiger partial charge in [0.05, 0.1) is 13.2 Å². The average Bonchev–Trinajstić information content (AvgIpc) is 2.40. The van der Waals surface area contributed by atoms with Crippen molar-refractivity contribution in [1.29, 1.82) is 0 Å². The van der Waals surface area contributed by atoms with Gasteiger partial charge in [-0.3, -0.25) is 4.90 Å². The zero-order chi connectivity index (χ0) is 12.8. The second-order valence-electron chi connectivity index (χ2n) is 5.11. The van der Waals surface area contributed by atoms with Gasteiger partial charge in [0.15, 0.2) is 0 Å². The lowest BCUT2D eigenvalue weighted by atomic mass is 10.1. The number of benzene rings is 1. The van der Waals surface area contributed by atoms with Crippen LogP contribution >= 0.6 is 0 Å². The molecule has 100 valence electrons. The summed E-state index contributed by atoms with van der Waals surface area (Å²) in [5.74, 6) is 0. The van der Waals surface area contributed by atoms with Crippen LogP contribution < -0.4 is 5.32 Å². The Morgan fingerprint density at radius 2 is 1.83 bits per heavy atom. The number of morpholine rings is 1. The molecule has 1 aromatic rings. The maximum atomic E-state index is 5.37. The van der Waals surface area contributed by atoms with E-state index in [9.17, 15) is 0 Å². The Morgan fingerprint density at radius 3 is 2.50 bits per heavy atom. The van der Waals surface area contributed by atoms with Crippen molar-refractivity contribution in [2.75, 3.05) is 32.8 Å². The van der Waals surface area contributed by atoms with E-state index < -0.39 is 0 Å². The summed E-state index contributed by atoms with van der Waals surface area (Å²) in [6.45, 7) is 9.46. The smallest absolute Gasteiger partial charge is 0.0594 e. The van der Waals surface area contributed by atoms with E-state index in [1.807, 2.05) is 0 Å². The Balaban J connectivity index is 1.78. The average molecular weight is 248 g/mol. The molecule has 0 bridgehead atoms. The van der Waals surface area contributed by atoms with Crippen LogP contribution in [0.1, 0.15) is 25.5 Å². The van der Waals surface area contributed by atoms with E-state index >= 15 is 0 Å². The fraction of sp³-hybridized carbons (Fsp3) is 0.600. The van der Waals surface area contributed by atoms with Crippen LogP contribution in [0.15, 0.2) is 30.3 Å². The molecule has 1 aliphatic rings. The van der Waals surface area contributed by atoms with Gasteiger partial charge >= 0.3 is 0 Å². The molecule has 0 spiro atoms. The molecule has 1 N–H and O–H groups in total. The van der Waals surface area contributed by atoms with Gasteiger partial charge in [-0.25, -0.2) is 0 Å². The van der Waals surface area contributed by atoms with Gasteiger partial charge in [0.25, 0.3) is 0 Å². The Kier molecular flexibility index (Phi) is 5.17. The van der Waals surface area contributed by atoms with Crippen LogP contribution in [0.2, 0.25) is 0 Å². The molecule has 0 radical (unpaired) electrons. The first-order valence-corrected chi connectivity index (χ1v) is 6.87. The molecule has 1 saturated heterocycles. The molecule has 0 saturated carbocycles. The third-order valence-electron chi connectivity index (χ3n) is 3.47. The van der Waals surface area contributed by atoms with Crippen LogP contribution in [0.4, 0.5) is 0 Å². The minimum absolute atomic E-state index is 0.405. The standard InChI is InChI=1S/C15H24N2O/c1-13(12-17-8-10-18-11-9-17)16-14(2)15-6-4-3-5-7-15/h3-7,13-14,16H,8-12H2,1-2H3. The second-order valence-corrected chi connectivity index (χ2v) is 5.11. The maximum absolute atomic E-state index is 5.37. The second kappa shape index (κ2) is 6.88. The summed E-state index contributed by atoms with van der Waals surface area (Å²) >= 11 is 0. The quantitative estimate of drug-likeness (QED) is 0.863. The Morgan fingerprint density at radius 1 is 1.17 bits per heavy atom. The van der Waals surface area contributed by atoms with E-state index in [0.29, 0.717) is 12.1 Å². The number of rotatable bonds is 5. The SMILES string of the molecule is CC(CN1CCOCC1)NC(C)c1ccccc1. The molecule has 3 nitrogen and oxygen atoms in total. The van der Waals surface area contributed by atoms with Gasteiger partial charge in [-0.1, -0.05) is 30.3 Å². The highest BCUT2D eigenvalue weighted by Gasteiger charge is 2.15. The maximum Gasteiger partial charge on any atom is 0.0594 e. The van der Waals surface area contributed by atoms with Crippen molar-refractivity contribution in [1.82, 2.24) is 10.2 Å². The molecule has 1 fully saturated rings. The summed E-state index contributed by atoms with van der Waals surface area (Å²) in [4.78, 5) is 2.47. The van der Waals surface area contributed by atoms with Crippen molar-refractivity contribution in [3.05, 3.63) is 35.9 Å². The van der Waals surface area contributed by atoms with Crippen LogP contribution in [0.3, 0.4) is 0 Å². The molecule has 2 atom stereocenters. The molecule has 3 heteroatoms. The predicted molar refractivity (Wildman–Crippen MR) is 74.7 cm³/mol. The van der Waals surface area contributed by atoms with Crippen molar-refractivity contribution >= 4 is 0 Å². The summed E-state index contributed by atoms with van der Waals surface area (Å²) in [6, 6.07) is 11.5. The Labute approximate surface area is 110 Å². The molecule has 0 amide bonds. The van der Waals surface area contributed by atoms with E-state index in [-0.39, 0.29) is 0 Å². The highest BCUT2D eigenvalue weighted by Crippen LogP contribution is 2.12. The van der Waals surface area contributed by atoms with Crippen molar-refractivity contribution in [2.45, 2.75) is 25.9 Å². The van der Waals surface area contributed by atoms with Crippen molar-refractivity contribution in [2.24, 2.45) is 0 Å². The summed E-state index contributed by atoms with van der Waals surface area (Å²) < 4.78 is 5.37. The minimum Gasteiger partial charge on any atom is -0.379 e. The molecule has 1 aromatic carbocycles. The lowest BCUT2D eigenvalue weighted by Gasteiger charge is -2.30. The first kappa shape index (κ1) is 13.5. The third kappa shape index (κ3) is 4.09. The van der Waals surface area contributed by atoms with Gasteiger partial charge in [0.2, 0.25) is 0 Å². The van der Waals surface area contributed by atoms with Gasteiger partial charge in [0, 0.05) is 31.7 Å². The monoisotopic (exact) mass is 248 g/mol. The molecule has 2 rings (SSSR count). The molecular formula is C15H24N2O. The van der Waals surface area contributed by atoms with E-state index in [0.717, 1.165) is 32.8 Å². The van der Waals surface area contributed by atoms with Gasteiger partial charge in [-0.15, -0.1) is 0 Å². The van der Waals surface area contributed by atoms with Crippen LogP contribution in [0, 0.1) is 0 Å². The van der Waals surface area contributed by atoms with Gasteiger partial charge in [-0.05, 0) is 19.4 Å². The molecule has 2 unspecified atom stereocenters. The minimum atomic E-state index is 0.405. The number of nitrogens with one attached hydrogen (secondary N) is 1. The number of nitrogens with zero attached hydrogens (tertiary/aromatic N) is 1. The van der Waals surface area contributed by atoms with E-state index in [2.05, 4.69) is 54.4 Å². The zero-order valence-corrected chi connectivity index (χ0v) is 11.4. The summed E-state index contributed by atoms with van der Waals surface area (Å²) in [6.07, 6.45) is 0. The van der Waals surface area contributed by atoms with Crippen LogP contribution in [0.25, 0.3) is 0 Å². The molecule has 0 aliphatic carbocycles. The summed E-state index contributed by atoms with van der Waals surface area (Å²) in [7, 11) is 0. The zero-order valence-electron chi connectivity index (χ0n) is 11.4. The highest BCUT2D eigenvalue weighted by atomic mass is 16.5. The van der Waals surface area contributed by atoms with E-state index in [1.54, 1.807) is 0 Å². The van der Waals surface area contributed by atoms with Crippen molar-refractivity contribution < 1.29 is 4.74 Å². The van der Waals surface area contributed by atoms with Gasteiger partial charge in [0.1, 0.15) is 0 Å². The molecule has 1 heterocycles. The Bertz CT molecular complexity index is 336. The lowest BCUT2D eigenvalue weighted by Crippen LogP contribution is -2.44. The first-order chi connectivity index (χ1) is 8.75. The van der Waals surface area contributed by atoms with E-state index in [1.165, 1.54) is 5.56 Å². The number of hydrogen-bond donors (Lipinski definition) is 1. The van der Waals surface area contributed by atoms with Crippen molar-refractivity contribution in [3.8, 4) is 0 Å². The Hall–Kier alpha value is -0.900. The third-order valence-corrected chi connectivity index (χ3v) is 3.47. The summed E-state index contributed by atoms with van der Waals surface area (Å²) in [5, 5.41) is 3.66. The van der Waals surface area contributed by atoms with E-state index in [4.69, 9.17) is 4.74 Å². The molecule has 0 aromatic heterocycles. The van der Waals surface area contributed by atoms with Gasteiger partial charge < -0.3 is 10.1 Å². The van der Waals surface area contributed by atoms with Crippen LogP contribution in [0.5, 0.6) is 0 Å². The topological polar surface area (TPSA) is 24.5 Å². The molecule has 18 heavy (non-hydrogen) atoms. The van der Waals surface area contributed by atoms with Crippen molar-refractivity contribution in [3.63, 3.8) is 0 Å². The highest BCUT2D eigenvalue weighted by molar-refractivity contribution is 5.18. The predicted octanol–water partition coefficient (Wildman–Crippen LogP) is 2.06. The largest absolute Gasteiger partial charge is 0.379 e. The lowest BCUT2D eigenvalue weighted by molar-refractivity contribution is 0.0339. The molecular weight excluding hydrogens is 224 g/mol. The molecule has 1 aliphatic heterocycles. The fourth-order valence-corrected chi connectivity index (χ4v) is 2.49. The number of ether oxygens (including phenoxy) is 1. The van der Waals surface area contributed by atoms with Gasteiger partial charge in [-0.2, -0.15) is 0 Å². The number of hydrogen-bond acceptors (Lipinski definition) is 3. The fourth-order valence-electron chi connectivity index (χ4n) is 2.49. The van der Waals surface area contributed by atoms with Crippen LogP contribution in [-0.2, 0) is 4.74 Å². The van der Waals surface area contributed by atoms with Crippen LogP contribution in [-0.4, -0.2) is 43.8 Å².